The maximum Gasteiger partial charge on any atom is 0.127 e. The lowest BCUT2D eigenvalue weighted by atomic mass is 10.0. The van der Waals surface area contributed by atoms with Gasteiger partial charge in [0.05, 0.1) is 15.9 Å². The molecule has 0 spiro atoms. The summed E-state index contributed by atoms with van der Waals surface area (Å²) in [6.07, 6.45) is 4.65. The van der Waals surface area contributed by atoms with Crippen LogP contribution in [0.2, 0.25) is 0 Å². The van der Waals surface area contributed by atoms with Gasteiger partial charge in [0.25, 0.3) is 0 Å². The molecule has 3 aromatic rings. The molecule has 0 fully saturated rings. The van der Waals surface area contributed by atoms with E-state index in [9.17, 15) is 0 Å². The molecule has 1 atom stereocenters. The third kappa shape index (κ3) is 1.76. The Labute approximate surface area is 124 Å². The van der Waals surface area contributed by atoms with Crippen molar-refractivity contribution >= 4 is 37.9 Å². The number of nitrogen functional groups attached to an aromatic ring is 1. The van der Waals surface area contributed by atoms with Gasteiger partial charge in [0.2, 0.25) is 0 Å². The third-order valence-corrected chi connectivity index (χ3v) is 5.99. The molecular weight excluding hydrogens is 288 g/mol. The molecule has 3 N–H and O–H groups in total. The fourth-order valence-electron chi connectivity index (χ4n) is 2.73. The van der Waals surface area contributed by atoms with E-state index in [1.165, 1.54) is 10.4 Å². The van der Waals surface area contributed by atoms with Crippen LogP contribution in [0.5, 0.6) is 0 Å². The quantitative estimate of drug-likeness (QED) is 0.724. The van der Waals surface area contributed by atoms with Crippen LogP contribution in [-0.2, 0) is 6.42 Å². The molecule has 1 unspecified atom stereocenters. The van der Waals surface area contributed by atoms with Gasteiger partial charge in [-0.25, -0.2) is 4.98 Å². The van der Waals surface area contributed by atoms with Crippen LogP contribution in [0.1, 0.15) is 23.4 Å². The van der Waals surface area contributed by atoms with Gasteiger partial charge in [-0.15, -0.1) is 22.7 Å². The van der Waals surface area contributed by atoms with E-state index in [1.807, 2.05) is 18.5 Å². The van der Waals surface area contributed by atoms with Crippen LogP contribution in [0, 0.1) is 0 Å². The van der Waals surface area contributed by atoms with E-state index in [-0.39, 0.29) is 0 Å². The Kier molecular flexibility index (Phi) is 2.76. The van der Waals surface area contributed by atoms with Crippen molar-refractivity contribution in [2.75, 3.05) is 12.3 Å². The van der Waals surface area contributed by atoms with Crippen molar-refractivity contribution in [1.29, 1.82) is 0 Å². The number of pyridine rings is 1. The number of hydrogen-bond donors (Lipinski definition) is 2. The summed E-state index contributed by atoms with van der Waals surface area (Å²) in [4.78, 5) is 10.2. The largest absolute Gasteiger partial charge is 0.390 e. The number of nitrogens with two attached hydrogens (primary N) is 1. The van der Waals surface area contributed by atoms with E-state index in [1.54, 1.807) is 22.7 Å². The molecule has 102 valence electrons. The van der Waals surface area contributed by atoms with Crippen molar-refractivity contribution in [3.05, 3.63) is 28.9 Å². The molecule has 0 saturated heterocycles. The van der Waals surface area contributed by atoms with Crippen molar-refractivity contribution in [3.63, 3.8) is 0 Å². The van der Waals surface area contributed by atoms with E-state index < -0.39 is 0 Å². The predicted molar refractivity (Wildman–Crippen MR) is 85.3 cm³/mol. The molecule has 0 aliphatic carbocycles. The fraction of sp³-hybridized carbons (Fsp3) is 0.286. The summed E-state index contributed by atoms with van der Waals surface area (Å²) in [5.74, 6) is 0. The highest BCUT2D eigenvalue weighted by atomic mass is 32.1. The van der Waals surface area contributed by atoms with Crippen molar-refractivity contribution < 1.29 is 0 Å². The molecule has 0 radical (unpaired) electrons. The fourth-order valence-corrected chi connectivity index (χ4v) is 4.96. The molecular formula is C14H14N4S2. The molecule has 0 amide bonds. The van der Waals surface area contributed by atoms with Gasteiger partial charge in [-0.1, -0.05) is 0 Å². The number of aromatic nitrogens is 2. The predicted octanol–water partition coefficient (Wildman–Crippen LogP) is 3.21. The third-order valence-electron chi connectivity index (χ3n) is 3.69. The summed E-state index contributed by atoms with van der Waals surface area (Å²) in [6, 6.07) is 2.39. The van der Waals surface area contributed by atoms with E-state index in [4.69, 9.17) is 10.7 Å². The molecule has 0 saturated carbocycles. The second-order valence-corrected chi connectivity index (χ2v) is 7.09. The van der Waals surface area contributed by atoms with Crippen molar-refractivity contribution in [2.24, 2.45) is 0 Å². The number of nitrogens with one attached hydrogen (secondary N) is 1. The zero-order chi connectivity index (χ0) is 13.7. The summed E-state index contributed by atoms with van der Waals surface area (Å²) in [7, 11) is 0. The first-order chi connectivity index (χ1) is 9.74. The Bertz CT molecular complexity index is 757. The lowest BCUT2D eigenvalue weighted by Gasteiger charge is -2.20. The standard InChI is InChI=1S/C14H14N4S2/c1-7-12-8(2-5-17-7)11(13(15)20-12)14-18-9-6-16-4-3-10(9)19-14/h3-4,6-7,17H,2,5,15H2,1H3. The first-order valence-electron chi connectivity index (χ1n) is 6.59. The first kappa shape index (κ1) is 12.3. The summed E-state index contributed by atoms with van der Waals surface area (Å²) in [6.45, 7) is 3.20. The summed E-state index contributed by atoms with van der Waals surface area (Å²) >= 11 is 3.39. The molecule has 20 heavy (non-hydrogen) atoms. The minimum atomic E-state index is 0.385. The highest BCUT2D eigenvalue weighted by Gasteiger charge is 2.26. The van der Waals surface area contributed by atoms with Crippen molar-refractivity contribution in [3.8, 4) is 10.6 Å². The molecule has 6 heteroatoms. The smallest absolute Gasteiger partial charge is 0.127 e. The van der Waals surface area contributed by atoms with E-state index in [2.05, 4.69) is 17.2 Å². The SMILES string of the molecule is CC1NCCc2c1sc(N)c2-c1nc2cnccc2s1. The normalized spacial score (nSPS) is 18.4. The molecule has 4 nitrogen and oxygen atoms in total. The molecule has 1 aliphatic heterocycles. The van der Waals surface area contributed by atoms with Crippen LogP contribution in [0.3, 0.4) is 0 Å². The molecule has 4 rings (SSSR count). The lowest BCUT2D eigenvalue weighted by Crippen LogP contribution is -2.26. The number of fused-ring (bicyclic) bond motifs is 2. The van der Waals surface area contributed by atoms with Crippen LogP contribution in [0.25, 0.3) is 20.8 Å². The van der Waals surface area contributed by atoms with E-state index in [0.29, 0.717) is 6.04 Å². The minimum absolute atomic E-state index is 0.385. The Hall–Kier alpha value is -1.50. The van der Waals surface area contributed by atoms with Crippen LogP contribution in [-0.4, -0.2) is 16.5 Å². The number of thiophene rings is 1. The summed E-state index contributed by atoms with van der Waals surface area (Å²) in [5.41, 5.74) is 9.76. The van der Waals surface area contributed by atoms with E-state index in [0.717, 1.165) is 38.8 Å². The van der Waals surface area contributed by atoms with Gasteiger partial charge < -0.3 is 11.1 Å². The Balaban J connectivity index is 1.93. The lowest BCUT2D eigenvalue weighted by molar-refractivity contribution is 0.552. The maximum absolute atomic E-state index is 6.28. The summed E-state index contributed by atoms with van der Waals surface area (Å²) < 4.78 is 1.16. The van der Waals surface area contributed by atoms with Crippen molar-refractivity contribution in [1.82, 2.24) is 15.3 Å². The Morgan fingerprint density at radius 3 is 3.15 bits per heavy atom. The van der Waals surface area contributed by atoms with Crippen LogP contribution < -0.4 is 11.1 Å². The van der Waals surface area contributed by atoms with Crippen LogP contribution >= 0.6 is 22.7 Å². The zero-order valence-electron chi connectivity index (χ0n) is 11.0. The van der Waals surface area contributed by atoms with Gasteiger partial charge in [0.1, 0.15) is 10.5 Å². The van der Waals surface area contributed by atoms with Gasteiger partial charge in [0.15, 0.2) is 0 Å². The average Bonchev–Trinajstić information content (AvgIpc) is 2.99. The van der Waals surface area contributed by atoms with Crippen LogP contribution in [0.4, 0.5) is 5.00 Å². The Morgan fingerprint density at radius 2 is 2.30 bits per heavy atom. The zero-order valence-corrected chi connectivity index (χ0v) is 12.6. The first-order valence-corrected chi connectivity index (χ1v) is 8.22. The Morgan fingerprint density at radius 1 is 1.40 bits per heavy atom. The van der Waals surface area contributed by atoms with Crippen molar-refractivity contribution in [2.45, 2.75) is 19.4 Å². The van der Waals surface area contributed by atoms with Gasteiger partial charge in [-0.3, -0.25) is 4.98 Å². The molecule has 4 heterocycles. The van der Waals surface area contributed by atoms with Gasteiger partial charge >= 0.3 is 0 Å². The maximum atomic E-state index is 6.28. The van der Waals surface area contributed by atoms with Gasteiger partial charge in [-0.2, -0.15) is 0 Å². The number of rotatable bonds is 1. The topological polar surface area (TPSA) is 63.8 Å². The number of hydrogen-bond acceptors (Lipinski definition) is 6. The molecule has 0 bridgehead atoms. The number of nitrogens with zero attached hydrogens (tertiary/aromatic N) is 2. The second kappa shape index (κ2) is 4.51. The molecule has 1 aliphatic rings. The highest BCUT2D eigenvalue weighted by molar-refractivity contribution is 7.22. The number of thiazole rings is 1. The summed E-state index contributed by atoms with van der Waals surface area (Å²) in [5, 5.41) is 5.40. The number of anilines is 1. The van der Waals surface area contributed by atoms with Gasteiger partial charge in [-0.05, 0) is 31.5 Å². The monoisotopic (exact) mass is 302 g/mol. The molecule has 0 aromatic carbocycles. The average molecular weight is 302 g/mol. The van der Waals surface area contributed by atoms with Crippen LogP contribution in [0.15, 0.2) is 18.5 Å². The second-order valence-electron chi connectivity index (χ2n) is 4.97. The highest BCUT2D eigenvalue weighted by Crippen LogP contribution is 2.45. The minimum Gasteiger partial charge on any atom is -0.390 e. The van der Waals surface area contributed by atoms with E-state index >= 15 is 0 Å². The van der Waals surface area contributed by atoms with Gasteiger partial charge in [0, 0.05) is 22.7 Å². The molecule has 3 aromatic heterocycles.